The van der Waals surface area contributed by atoms with E-state index in [1.165, 1.54) is 21.9 Å². The lowest BCUT2D eigenvalue weighted by Gasteiger charge is -2.32. The Kier molecular flexibility index (Phi) is 8.81. The van der Waals surface area contributed by atoms with Crippen molar-refractivity contribution in [2.75, 3.05) is 31.6 Å². The van der Waals surface area contributed by atoms with Gasteiger partial charge in [0.2, 0.25) is 0 Å². The first-order valence-electron chi connectivity index (χ1n) is 13.1. The van der Waals surface area contributed by atoms with E-state index < -0.39 is 6.09 Å². The maximum Gasteiger partial charge on any atom is 0.412 e. The van der Waals surface area contributed by atoms with Crippen molar-refractivity contribution in [3.8, 4) is 5.75 Å². The number of hydrogen-bond acceptors (Lipinski definition) is 6. The van der Waals surface area contributed by atoms with E-state index in [1.807, 2.05) is 12.1 Å². The molecule has 1 aromatic heterocycles. The summed E-state index contributed by atoms with van der Waals surface area (Å²) >= 11 is 0. The Morgan fingerprint density at radius 2 is 1.84 bits per heavy atom. The summed E-state index contributed by atoms with van der Waals surface area (Å²) in [4.78, 5) is 15.9. The molecule has 7 nitrogen and oxygen atoms in total. The van der Waals surface area contributed by atoms with Crippen LogP contribution in [0.2, 0.25) is 0 Å². The molecule has 1 aliphatic heterocycles. The van der Waals surface area contributed by atoms with Crippen LogP contribution in [0.15, 0.2) is 91.1 Å². The Bertz CT molecular complexity index is 1330. The number of ether oxygens (including phenoxy) is 3. The van der Waals surface area contributed by atoms with Crippen LogP contribution in [0, 0.1) is 0 Å². The van der Waals surface area contributed by atoms with Gasteiger partial charge < -0.3 is 19.5 Å². The number of hydrogen-bond donors (Lipinski definition) is 2. The molecule has 1 amide bonds. The minimum atomic E-state index is -0.522. The van der Waals surface area contributed by atoms with Gasteiger partial charge in [0.25, 0.3) is 0 Å². The number of piperidine rings is 1. The third kappa shape index (κ3) is 7.09. The largest absolute Gasteiger partial charge is 0.493 e. The van der Waals surface area contributed by atoms with Crippen LogP contribution in [0.5, 0.6) is 5.75 Å². The quantitative estimate of drug-likeness (QED) is 0.258. The Morgan fingerprint density at radius 1 is 0.947 bits per heavy atom. The molecule has 0 aliphatic carbocycles. The molecule has 1 aliphatic rings. The number of carbonyl (C=O) groups is 1. The van der Waals surface area contributed by atoms with Gasteiger partial charge in [0.05, 0.1) is 25.9 Å². The highest BCUT2D eigenvalue weighted by atomic mass is 16.5. The summed E-state index contributed by atoms with van der Waals surface area (Å²) in [6.07, 6.45) is 2.76. The van der Waals surface area contributed by atoms with E-state index in [-0.39, 0.29) is 12.7 Å². The first-order chi connectivity index (χ1) is 18.7. The number of carbonyl (C=O) groups excluding carboxylic acids is 1. The van der Waals surface area contributed by atoms with Crippen LogP contribution >= 0.6 is 0 Å². The summed E-state index contributed by atoms with van der Waals surface area (Å²) in [6, 6.07) is 28.5. The second-order valence-electron chi connectivity index (χ2n) is 9.38. The number of anilines is 1. The molecule has 4 aromatic rings. The van der Waals surface area contributed by atoms with Gasteiger partial charge in [-0.25, -0.2) is 9.78 Å². The van der Waals surface area contributed by atoms with Crippen molar-refractivity contribution in [2.24, 2.45) is 0 Å². The van der Waals surface area contributed by atoms with E-state index in [9.17, 15) is 4.79 Å². The molecule has 2 N–H and O–H groups in total. The summed E-state index contributed by atoms with van der Waals surface area (Å²) in [7, 11) is 0. The van der Waals surface area contributed by atoms with Crippen LogP contribution in [0.25, 0.3) is 10.8 Å². The topological polar surface area (TPSA) is 81.7 Å². The predicted octanol–water partition coefficient (Wildman–Crippen LogP) is 5.91. The fourth-order valence-electron chi connectivity index (χ4n) is 4.74. The third-order valence-electron chi connectivity index (χ3n) is 6.68. The maximum atomic E-state index is 11.9. The summed E-state index contributed by atoms with van der Waals surface area (Å²) in [5.74, 6) is 1.56. The molecule has 0 saturated carbocycles. The summed E-state index contributed by atoms with van der Waals surface area (Å²) in [6.45, 7) is 3.08. The Morgan fingerprint density at radius 3 is 2.74 bits per heavy atom. The lowest BCUT2D eigenvalue weighted by atomic mass is 9.87. The number of amides is 1. The second-order valence-corrected chi connectivity index (χ2v) is 9.38. The van der Waals surface area contributed by atoms with Crippen molar-refractivity contribution in [1.29, 1.82) is 0 Å². The van der Waals surface area contributed by atoms with Crippen LogP contribution in [-0.4, -0.2) is 43.5 Å². The van der Waals surface area contributed by atoms with Crippen molar-refractivity contribution in [3.63, 3.8) is 0 Å². The van der Waals surface area contributed by atoms with Crippen LogP contribution < -0.4 is 15.4 Å². The minimum absolute atomic E-state index is 0.0801. The smallest absolute Gasteiger partial charge is 0.412 e. The molecule has 5 rings (SSSR count). The molecule has 7 heteroatoms. The monoisotopic (exact) mass is 511 g/mol. The third-order valence-corrected chi connectivity index (χ3v) is 6.68. The van der Waals surface area contributed by atoms with Gasteiger partial charge in [-0.2, -0.15) is 0 Å². The van der Waals surface area contributed by atoms with Gasteiger partial charge in [-0.05, 0) is 65.2 Å². The van der Waals surface area contributed by atoms with E-state index in [2.05, 4.69) is 70.2 Å². The molecule has 2 atom stereocenters. The SMILES string of the molecule is O=C(Nc1ccccn1)OCCCOc1cccc(C2CCNCC2OCc2ccc3ccccc3c2)c1. The van der Waals surface area contributed by atoms with E-state index in [0.717, 1.165) is 25.3 Å². The number of benzene rings is 3. The van der Waals surface area contributed by atoms with Crippen molar-refractivity contribution >= 4 is 22.7 Å². The molecular formula is C31H33N3O4. The molecule has 2 unspecified atom stereocenters. The van der Waals surface area contributed by atoms with E-state index in [1.54, 1.807) is 24.4 Å². The molecule has 0 bridgehead atoms. The molecule has 2 heterocycles. The number of nitrogens with zero attached hydrogens (tertiary/aromatic N) is 1. The van der Waals surface area contributed by atoms with Gasteiger partial charge in [0.1, 0.15) is 11.6 Å². The average molecular weight is 512 g/mol. The average Bonchev–Trinajstić information content (AvgIpc) is 2.96. The fourth-order valence-corrected chi connectivity index (χ4v) is 4.74. The normalized spacial score (nSPS) is 17.2. The highest BCUT2D eigenvalue weighted by molar-refractivity contribution is 5.83. The van der Waals surface area contributed by atoms with Crippen molar-refractivity contribution < 1.29 is 19.0 Å². The van der Waals surface area contributed by atoms with Gasteiger partial charge in [0.15, 0.2) is 0 Å². The first kappa shape index (κ1) is 25.7. The zero-order valence-electron chi connectivity index (χ0n) is 21.3. The number of rotatable bonds is 10. The second kappa shape index (κ2) is 13.0. The number of fused-ring (bicyclic) bond motifs is 1. The van der Waals surface area contributed by atoms with Gasteiger partial charge >= 0.3 is 6.09 Å². The highest BCUT2D eigenvalue weighted by Crippen LogP contribution is 2.31. The van der Waals surface area contributed by atoms with Crippen molar-refractivity contribution in [1.82, 2.24) is 10.3 Å². The Hall–Kier alpha value is -3.94. The van der Waals surface area contributed by atoms with Gasteiger partial charge in [-0.3, -0.25) is 5.32 Å². The van der Waals surface area contributed by atoms with Crippen LogP contribution in [-0.2, 0) is 16.1 Å². The highest BCUT2D eigenvalue weighted by Gasteiger charge is 2.27. The fraction of sp³-hybridized carbons (Fsp3) is 0.290. The molecule has 1 fully saturated rings. The maximum absolute atomic E-state index is 11.9. The van der Waals surface area contributed by atoms with Crippen molar-refractivity contribution in [2.45, 2.75) is 31.5 Å². The van der Waals surface area contributed by atoms with E-state index in [0.29, 0.717) is 31.4 Å². The number of nitrogens with one attached hydrogen (secondary N) is 2. The standard InChI is InChI=1S/C31H33N3O4/c35-31(34-30-11-3-4-15-33-30)37-18-6-17-36-27-10-5-9-26(20-27)28-14-16-32-21-29(28)38-22-23-12-13-24-7-1-2-8-25(24)19-23/h1-5,7-13,15,19-20,28-29,32H,6,14,16-18,21-22H2,(H,33,34,35). The molecule has 0 spiro atoms. The lowest BCUT2D eigenvalue weighted by Crippen LogP contribution is -2.40. The van der Waals surface area contributed by atoms with E-state index in [4.69, 9.17) is 14.2 Å². The summed E-state index contributed by atoms with van der Waals surface area (Å²) < 4.78 is 17.6. The number of pyridine rings is 1. The lowest BCUT2D eigenvalue weighted by molar-refractivity contribution is 0.0106. The van der Waals surface area contributed by atoms with Gasteiger partial charge in [0, 0.05) is 25.1 Å². The molecule has 0 radical (unpaired) electrons. The minimum Gasteiger partial charge on any atom is -0.493 e. The molecule has 1 saturated heterocycles. The van der Waals surface area contributed by atoms with Crippen LogP contribution in [0.4, 0.5) is 10.6 Å². The molecule has 3 aromatic carbocycles. The Labute approximate surface area is 223 Å². The summed E-state index contributed by atoms with van der Waals surface area (Å²) in [5, 5.41) is 8.55. The predicted molar refractivity (Wildman–Crippen MR) is 149 cm³/mol. The van der Waals surface area contributed by atoms with Crippen molar-refractivity contribution in [3.05, 3.63) is 102 Å². The molecular weight excluding hydrogens is 478 g/mol. The van der Waals surface area contributed by atoms with Gasteiger partial charge in [-0.1, -0.05) is 54.6 Å². The van der Waals surface area contributed by atoms with E-state index >= 15 is 0 Å². The molecule has 196 valence electrons. The first-order valence-corrected chi connectivity index (χ1v) is 13.1. The Balaban J connectivity index is 1.10. The van der Waals surface area contributed by atoms with Crippen LogP contribution in [0.3, 0.4) is 0 Å². The zero-order valence-corrected chi connectivity index (χ0v) is 21.3. The van der Waals surface area contributed by atoms with Crippen LogP contribution in [0.1, 0.15) is 29.9 Å². The van der Waals surface area contributed by atoms with Gasteiger partial charge in [-0.15, -0.1) is 0 Å². The molecule has 38 heavy (non-hydrogen) atoms. The summed E-state index contributed by atoms with van der Waals surface area (Å²) in [5.41, 5.74) is 2.40. The zero-order chi connectivity index (χ0) is 26.0. The number of aromatic nitrogens is 1.